The molecule has 0 spiro atoms. The van der Waals surface area contributed by atoms with Gasteiger partial charge in [-0.1, -0.05) is 6.92 Å². The monoisotopic (exact) mass is 349 g/mol. The third kappa shape index (κ3) is 5.23. The van der Waals surface area contributed by atoms with E-state index in [2.05, 4.69) is 22.1 Å². The van der Waals surface area contributed by atoms with E-state index in [9.17, 15) is 9.59 Å². The van der Waals surface area contributed by atoms with Crippen LogP contribution in [0.25, 0.3) is 0 Å². The van der Waals surface area contributed by atoms with Crippen molar-refractivity contribution >= 4 is 17.8 Å². The lowest BCUT2D eigenvalue weighted by Crippen LogP contribution is -2.54. The molecule has 0 aliphatic carbocycles. The zero-order chi connectivity index (χ0) is 18.2. The summed E-state index contributed by atoms with van der Waals surface area (Å²) < 4.78 is 5.18. The summed E-state index contributed by atoms with van der Waals surface area (Å²) in [5, 5.41) is 3.29. The smallest absolute Gasteiger partial charge is 0.289 e. The van der Waals surface area contributed by atoms with E-state index in [1.165, 1.54) is 11.2 Å². The Kier molecular flexibility index (Phi) is 6.85. The average Bonchev–Trinajstić information content (AvgIpc) is 3.15. The van der Waals surface area contributed by atoms with Crippen LogP contribution in [0.4, 0.5) is 0 Å². The highest BCUT2D eigenvalue weighted by Gasteiger charge is 2.25. The fourth-order valence-electron chi connectivity index (χ4n) is 2.47. The van der Waals surface area contributed by atoms with Crippen molar-refractivity contribution in [2.45, 2.75) is 13.3 Å². The van der Waals surface area contributed by atoms with E-state index < -0.39 is 0 Å². The van der Waals surface area contributed by atoms with E-state index in [0.717, 1.165) is 18.9 Å². The molecule has 8 heteroatoms. The molecule has 0 saturated carbocycles. The minimum absolute atomic E-state index is 0.0394. The van der Waals surface area contributed by atoms with Crippen LogP contribution in [0.2, 0.25) is 0 Å². The number of carbonyl (C=O) groups is 2. The van der Waals surface area contributed by atoms with E-state index in [0.29, 0.717) is 31.9 Å². The Morgan fingerprint density at radius 3 is 2.48 bits per heavy atom. The van der Waals surface area contributed by atoms with E-state index in [1.54, 1.807) is 31.1 Å². The highest BCUT2D eigenvalue weighted by atomic mass is 16.3. The Labute approximate surface area is 148 Å². The summed E-state index contributed by atoms with van der Waals surface area (Å²) in [7, 11) is 3.44. The zero-order valence-corrected chi connectivity index (χ0v) is 15.2. The molecule has 0 atom stereocenters. The van der Waals surface area contributed by atoms with Crippen LogP contribution in [0.5, 0.6) is 0 Å². The molecule has 0 aromatic carbocycles. The van der Waals surface area contributed by atoms with E-state index in [4.69, 9.17) is 4.42 Å². The molecular weight excluding hydrogens is 322 g/mol. The normalized spacial score (nSPS) is 15.2. The molecule has 1 N–H and O–H groups in total. The van der Waals surface area contributed by atoms with E-state index >= 15 is 0 Å². The third-order valence-electron chi connectivity index (χ3n) is 3.99. The summed E-state index contributed by atoms with van der Waals surface area (Å²) in [4.78, 5) is 33.9. The van der Waals surface area contributed by atoms with Gasteiger partial charge in [0.05, 0.1) is 6.26 Å². The van der Waals surface area contributed by atoms with Crippen LogP contribution in [0, 0.1) is 0 Å². The number of guanidine groups is 1. The number of likely N-dealkylation sites (N-methyl/N-ethyl adjacent to an activating group) is 1. The summed E-state index contributed by atoms with van der Waals surface area (Å²) in [6.07, 6.45) is 2.47. The second-order valence-corrected chi connectivity index (χ2v) is 6.11. The van der Waals surface area contributed by atoms with Gasteiger partial charge in [0.1, 0.15) is 6.54 Å². The molecule has 138 valence electrons. The van der Waals surface area contributed by atoms with Gasteiger partial charge < -0.3 is 24.4 Å². The van der Waals surface area contributed by atoms with Crippen molar-refractivity contribution < 1.29 is 14.0 Å². The van der Waals surface area contributed by atoms with Crippen LogP contribution in [-0.2, 0) is 4.79 Å². The Morgan fingerprint density at radius 1 is 1.24 bits per heavy atom. The number of furan rings is 1. The van der Waals surface area contributed by atoms with Gasteiger partial charge in [-0.05, 0) is 18.6 Å². The molecule has 0 unspecified atom stereocenters. The van der Waals surface area contributed by atoms with Gasteiger partial charge in [0.15, 0.2) is 11.7 Å². The first-order valence-electron chi connectivity index (χ1n) is 8.59. The molecule has 1 aromatic rings. The number of nitrogens with one attached hydrogen (secondary N) is 1. The van der Waals surface area contributed by atoms with E-state index in [-0.39, 0.29) is 18.4 Å². The minimum atomic E-state index is -0.0903. The first-order valence-corrected chi connectivity index (χ1v) is 8.59. The quantitative estimate of drug-likeness (QED) is 0.618. The first kappa shape index (κ1) is 18.8. The number of piperazine rings is 1. The average molecular weight is 349 g/mol. The SMILES string of the molecule is CCCNC(=NCC(=O)N(C)C)N1CCN(C(=O)c2ccco2)CC1. The zero-order valence-electron chi connectivity index (χ0n) is 15.2. The number of aliphatic imine (C=N–C) groups is 1. The van der Waals surface area contributed by atoms with Crippen LogP contribution in [-0.4, -0.2) is 85.8 Å². The summed E-state index contributed by atoms with van der Waals surface area (Å²) in [5.41, 5.74) is 0. The second-order valence-electron chi connectivity index (χ2n) is 6.11. The van der Waals surface area contributed by atoms with Crippen LogP contribution >= 0.6 is 0 Å². The van der Waals surface area contributed by atoms with Gasteiger partial charge >= 0.3 is 0 Å². The molecule has 1 aliphatic heterocycles. The summed E-state index contributed by atoms with van der Waals surface area (Å²) in [6.45, 7) is 5.50. The molecule has 2 rings (SSSR count). The Balaban J connectivity index is 1.95. The van der Waals surface area contributed by atoms with Crippen molar-refractivity contribution in [3.05, 3.63) is 24.2 Å². The molecule has 1 aromatic heterocycles. The largest absolute Gasteiger partial charge is 0.459 e. The van der Waals surface area contributed by atoms with Gasteiger partial charge in [0.25, 0.3) is 5.91 Å². The van der Waals surface area contributed by atoms with Gasteiger partial charge in [-0.2, -0.15) is 0 Å². The summed E-state index contributed by atoms with van der Waals surface area (Å²) in [5.74, 6) is 0.958. The van der Waals surface area contributed by atoms with Crippen molar-refractivity contribution in [1.29, 1.82) is 0 Å². The molecule has 1 saturated heterocycles. The number of carbonyl (C=O) groups excluding carboxylic acids is 2. The number of nitrogens with zero attached hydrogens (tertiary/aromatic N) is 4. The van der Waals surface area contributed by atoms with Crippen molar-refractivity contribution in [2.75, 3.05) is 53.4 Å². The molecule has 0 radical (unpaired) electrons. The highest BCUT2D eigenvalue weighted by Crippen LogP contribution is 2.09. The lowest BCUT2D eigenvalue weighted by Gasteiger charge is -2.36. The fourth-order valence-corrected chi connectivity index (χ4v) is 2.47. The van der Waals surface area contributed by atoms with Gasteiger partial charge in [0.2, 0.25) is 5.91 Å². The predicted molar refractivity (Wildman–Crippen MR) is 95.5 cm³/mol. The number of amides is 2. The molecule has 2 heterocycles. The fraction of sp³-hybridized carbons (Fsp3) is 0.588. The summed E-state index contributed by atoms with van der Waals surface area (Å²) in [6, 6.07) is 3.39. The maximum absolute atomic E-state index is 12.3. The number of hydrogen-bond donors (Lipinski definition) is 1. The van der Waals surface area contributed by atoms with Crippen molar-refractivity contribution in [2.24, 2.45) is 4.99 Å². The lowest BCUT2D eigenvalue weighted by atomic mass is 10.3. The Bertz CT molecular complexity index is 589. The standard InChI is InChI=1S/C17H27N5O3/c1-4-7-18-17(19-13-15(23)20(2)3)22-10-8-21(9-11-22)16(24)14-6-5-12-25-14/h5-6,12H,4,7-11,13H2,1-3H3,(H,18,19). The first-order chi connectivity index (χ1) is 12.0. The molecule has 8 nitrogen and oxygen atoms in total. The number of hydrogen-bond acceptors (Lipinski definition) is 4. The highest BCUT2D eigenvalue weighted by molar-refractivity contribution is 5.91. The topological polar surface area (TPSA) is 81.4 Å². The Morgan fingerprint density at radius 2 is 1.92 bits per heavy atom. The molecule has 2 amide bonds. The van der Waals surface area contributed by atoms with Crippen LogP contribution in [0.3, 0.4) is 0 Å². The van der Waals surface area contributed by atoms with Crippen LogP contribution in [0.15, 0.2) is 27.8 Å². The van der Waals surface area contributed by atoms with Gasteiger partial charge in [-0.3, -0.25) is 9.59 Å². The molecule has 0 bridgehead atoms. The molecule has 25 heavy (non-hydrogen) atoms. The maximum Gasteiger partial charge on any atom is 0.289 e. The van der Waals surface area contributed by atoms with Crippen molar-refractivity contribution in [3.8, 4) is 0 Å². The van der Waals surface area contributed by atoms with E-state index in [1.807, 2.05) is 0 Å². The molecular formula is C17H27N5O3. The minimum Gasteiger partial charge on any atom is -0.459 e. The lowest BCUT2D eigenvalue weighted by molar-refractivity contribution is -0.127. The Hall–Kier alpha value is -2.51. The third-order valence-corrected chi connectivity index (χ3v) is 3.99. The second kappa shape index (κ2) is 9.10. The molecule has 1 fully saturated rings. The summed E-state index contributed by atoms with van der Waals surface area (Å²) >= 11 is 0. The van der Waals surface area contributed by atoms with Gasteiger partial charge in [-0.15, -0.1) is 0 Å². The van der Waals surface area contributed by atoms with Crippen molar-refractivity contribution in [1.82, 2.24) is 20.0 Å². The van der Waals surface area contributed by atoms with Gasteiger partial charge in [-0.25, -0.2) is 4.99 Å². The van der Waals surface area contributed by atoms with Gasteiger partial charge in [0, 0.05) is 46.8 Å². The molecule has 1 aliphatic rings. The predicted octanol–water partition coefficient (Wildman–Crippen LogP) is 0.481. The van der Waals surface area contributed by atoms with Crippen LogP contribution < -0.4 is 5.32 Å². The maximum atomic E-state index is 12.3. The number of rotatable bonds is 5. The van der Waals surface area contributed by atoms with Crippen molar-refractivity contribution in [3.63, 3.8) is 0 Å². The van der Waals surface area contributed by atoms with Crippen LogP contribution in [0.1, 0.15) is 23.9 Å².